The van der Waals surface area contributed by atoms with E-state index in [-0.39, 0.29) is 5.41 Å². The second kappa shape index (κ2) is 4.86. The van der Waals surface area contributed by atoms with Crippen molar-refractivity contribution in [1.82, 2.24) is 15.1 Å². The highest BCUT2D eigenvalue weighted by atomic mass is 16.2. The van der Waals surface area contributed by atoms with Crippen molar-refractivity contribution in [2.45, 2.75) is 72.8 Å². The molecule has 0 unspecified atom stereocenters. The van der Waals surface area contributed by atoms with Crippen LogP contribution in [-0.4, -0.2) is 15.7 Å². The Bertz CT molecular complexity index is 686. The highest BCUT2D eigenvalue weighted by Crippen LogP contribution is 2.69. The van der Waals surface area contributed by atoms with E-state index in [1.807, 2.05) is 18.7 Å². The Morgan fingerprint density at radius 3 is 2.29 bits per heavy atom. The molecule has 1 heterocycles. The smallest absolute Gasteiger partial charge is 0.226 e. The number of hydrogen-bond acceptors (Lipinski definition) is 2. The molecule has 132 valence electrons. The molecular formula is C20H31N3O. The number of nitrogens with zero attached hydrogens (tertiary/aromatic N) is 2. The van der Waals surface area contributed by atoms with Gasteiger partial charge in [-0.2, -0.15) is 5.10 Å². The van der Waals surface area contributed by atoms with Crippen LogP contribution in [0.5, 0.6) is 0 Å². The van der Waals surface area contributed by atoms with Crippen molar-refractivity contribution in [2.24, 2.45) is 29.2 Å². The molecule has 4 bridgehead atoms. The van der Waals surface area contributed by atoms with Gasteiger partial charge < -0.3 is 5.32 Å². The lowest BCUT2D eigenvalue weighted by atomic mass is 9.40. The summed E-state index contributed by atoms with van der Waals surface area (Å²) in [6.45, 7) is 9.57. The van der Waals surface area contributed by atoms with Crippen molar-refractivity contribution in [1.29, 1.82) is 0 Å². The minimum atomic E-state index is -0.118. The van der Waals surface area contributed by atoms with Crippen molar-refractivity contribution in [3.05, 3.63) is 17.0 Å². The third-order valence-corrected chi connectivity index (χ3v) is 7.19. The van der Waals surface area contributed by atoms with E-state index in [0.29, 0.717) is 23.3 Å². The molecule has 4 saturated carbocycles. The Kier molecular flexibility index (Phi) is 3.27. The lowest BCUT2D eigenvalue weighted by Gasteiger charge is -2.64. The summed E-state index contributed by atoms with van der Waals surface area (Å²) in [5.74, 6) is 1.05. The van der Waals surface area contributed by atoms with E-state index in [9.17, 15) is 4.79 Å². The maximum atomic E-state index is 13.2. The van der Waals surface area contributed by atoms with Gasteiger partial charge in [0.05, 0.1) is 11.1 Å². The molecule has 0 saturated heterocycles. The van der Waals surface area contributed by atoms with E-state index in [4.69, 9.17) is 0 Å². The predicted molar refractivity (Wildman–Crippen MR) is 94.4 cm³/mol. The summed E-state index contributed by atoms with van der Waals surface area (Å²) in [7, 11) is 1.97. The van der Waals surface area contributed by atoms with Gasteiger partial charge in [0.25, 0.3) is 0 Å². The summed E-state index contributed by atoms with van der Waals surface area (Å²) in [5.41, 5.74) is 3.99. The Labute approximate surface area is 145 Å². The molecule has 4 heteroatoms. The summed E-state index contributed by atoms with van der Waals surface area (Å²) in [4.78, 5) is 13.2. The van der Waals surface area contributed by atoms with Crippen LogP contribution in [-0.2, 0) is 18.4 Å². The van der Waals surface area contributed by atoms with Crippen LogP contribution >= 0.6 is 0 Å². The number of carbonyl (C=O) groups excluding carboxylic acids is 1. The molecule has 5 rings (SSSR count). The molecule has 1 N–H and O–H groups in total. The Hall–Kier alpha value is -1.32. The Balaban J connectivity index is 1.54. The van der Waals surface area contributed by atoms with E-state index in [1.54, 1.807) is 0 Å². The average molecular weight is 329 g/mol. The van der Waals surface area contributed by atoms with Crippen LogP contribution in [0, 0.1) is 36.0 Å². The van der Waals surface area contributed by atoms with Crippen molar-refractivity contribution < 1.29 is 4.79 Å². The van der Waals surface area contributed by atoms with Gasteiger partial charge >= 0.3 is 0 Å². The molecule has 4 aliphatic rings. The summed E-state index contributed by atoms with van der Waals surface area (Å²) < 4.78 is 1.91. The number of aromatic nitrogens is 2. The zero-order valence-corrected chi connectivity index (χ0v) is 15.8. The Morgan fingerprint density at radius 2 is 1.79 bits per heavy atom. The number of amides is 1. The van der Waals surface area contributed by atoms with Gasteiger partial charge in [-0.1, -0.05) is 13.8 Å². The van der Waals surface area contributed by atoms with Crippen LogP contribution in [0.2, 0.25) is 0 Å². The van der Waals surface area contributed by atoms with Crippen molar-refractivity contribution in [2.75, 3.05) is 0 Å². The molecule has 0 radical (unpaired) electrons. The van der Waals surface area contributed by atoms with E-state index < -0.39 is 0 Å². The fourth-order valence-corrected chi connectivity index (χ4v) is 7.13. The van der Waals surface area contributed by atoms with Crippen molar-refractivity contribution in [3.63, 3.8) is 0 Å². The largest absolute Gasteiger partial charge is 0.351 e. The topological polar surface area (TPSA) is 46.9 Å². The highest BCUT2D eigenvalue weighted by molar-refractivity contribution is 5.83. The van der Waals surface area contributed by atoms with E-state index >= 15 is 0 Å². The third kappa shape index (κ3) is 2.33. The molecule has 4 aliphatic carbocycles. The first-order chi connectivity index (χ1) is 11.1. The SMILES string of the molecule is Cc1nn(C)c(C)c1CNC(=O)C12CC3C[C@](C)(C1)C[C@](C)(C3)C2. The molecule has 1 aromatic rings. The molecule has 1 aromatic heterocycles. The summed E-state index contributed by atoms with van der Waals surface area (Å²) in [6, 6.07) is 0. The zero-order valence-electron chi connectivity index (χ0n) is 15.8. The third-order valence-electron chi connectivity index (χ3n) is 7.19. The van der Waals surface area contributed by atoms with Crippen molar-refractivity contribution in [3.8, 4) is 0 Å². The van der Waals surface area contributed by atoms with Gasteiger partial charge in [0.2, 0.25) is 5.91 Å². The zero-order chi connectivity index (χ0) is 17.3. The van der Waals surface area contributed by atoms with E-state index in [1.165, 1.54) is 24.8 Å². The van der Waals surface area contributed by atoms with Crippen LogP contribution in [0.25, 0.3) is 0 Å². The van der Waals surface area contributed by atoms with Crippen LogP contribution in [0.15, 0.2) is 0 Å². The first-order valence-electron chi connectivity index (χ1n) is 9.41. The van der Waals surface area contributed by atoms with Crippen LogP contribution in [0.4, 0.5) is 0 Å². The van der Waals surface area contributed by atoms with Crippen LogP contribution in [0.3, 0.4) is 0 Å². The summed E-state index contributed by atoms with van der Waals surface area (Å²) in [6.07, 6.45) is 7.25. The molecule has 2 atom stereocenters. The number of aryl methyl sites for hydroxylation is 2. The van der Waals surface area contributed by atoms with E-state index in [2.05, 4.69) is 31.2 Å². The maximum absolute atomic E-state index is 13.2. The number of rotatable bonds is 3. The fraction of sp³-hybridized carbons (Fsp3) is 0.800. The number of carbonyl (C=O) groups is 1. The molecular weight excluding hydrogens is 298 g/mol. The van der Waals surface area contributed by atoms with Gasteiger partial charge in [0.15, 0.2) is 0 Å². The molecule has 24 heavy (non-hydrogen) atoms. The van der Waals surface area contributed by atoms with Gasteiger partial charge in [0.1, 0.15) is 0 Å². The minimum Gasteiger partial charge on any atom is -0.351 e. The lowest BCUT2D eigenvalue weighted by molar-refractivity contribution is -0.170. The first-order valence-corrected chi connectivity index (χ1v) is 9.41. The second-order valence-corrected chi connectivity index (χ2v) is 9.87. The molecule has 0 aromatic carbocycles. The van der Waals surface area contributed by atoms with Crippen LogP contribution < -0.4 is 5.32 Å². The first kappa shape index (κ1) is 16.2. The molecule has 0 spiro atoms. The Morgan fingerprint density at radius 1 is 1.17 bits per heavy atom. The predicted octanol–water partition coefficient (Wildman–Crippen LogP) is 3.65. The summed E-state index contributed by atoms with van der Waals surface area (Å²) in [5, 5.41) is 7.76. The van der Waals surface area contributed by atoms with Gasteiger partial charge in [-0.15, -0.1) is 0 Å². The monoisotopic (exact) mass is 329 g/mol. The number of hydrogen-bond donors (Lipinski definition) is 1. The normalized spacial score (nSPS) is 40.1. The molecule has 4 fully saturated rings. The second-order valence-electron chi connectivity index (χ2n) is 9.87. The average Bonchev–Trinajstić information content (AvgIpc) is 2.66. The highest BCUT2D eigenvalue weighted by Gasteiger charge is 2.62. The van der Waals surface area contributed by atoms with Crippen molar-refractivity contribution >= 4 is 5.91 Å². The van der Waals surface area contributed by atoms with Gasteiger partial charge in [-0.3, -0.25) is 9.48 Å². The van der Waals surface area contributed by atoms with Crippen LogP contribution in [0.1, 0.15) is 69.3 Å². The molecule has 4 nitrogen and oxygen atoms in total. The van der Waals surface area contributed by atoms with Gasteiger partial charge in [0, 0.05) is 24.8 Å². The standard InChI is InChI=1S/C20H31N3O/c1-13-16(14(2)23(5)22-13)9-21-17(24)20-8-15-6-18(3,11-20)10-19(4,7-15)12-20/h15H,6-12H2,1-5H3,(H,21,24)/t15?,18-,19-,20?/m0/s1. The maximum Gasteiger partial charge on any atom is 0.226 e. The fourth-order valence-electron chi connectivity index (χ4n) is 7.13. The lowest BCUT2D eigenvalue weighted by Crippen LogP contribution is -2.59. The molecule has 0 aliphatic heterocycles. The number of nitrogens with one attached hydrogen (secondary N) is 1. The summed E-state index contributed by atoms with van der Waals surface area (Å²) >= 11 is 0. The van der Waals surface area contributed by atoms with Gasteiger partial charge in [-0.05, 0) is 69.1 Å². The molecule has 1 amide bonds. The minimum absolute atomic E-state index is 0.118. The van der Waals surface area contributed by atoms with E-state index in [0.717, 1.165) is 36.6 Å². The quantitative estimate of drug-likeness (QED) is 0.920. The van der Waals surface area contributed by atoms with Gasteiger partial charge in [-0.25, -0.2) is 0 Å².